The molecule has 0 aromatic heterocycles. The van der Waals surface area contributed by atoms with Gasteiger partial charge >= 0.3 is 5.97 Å². The Kier molecular flexibility index (Phi) is 3.57. The molecule has 0 heterocycles. The monoisotopic (exact) mass is 245 g/mol. The molecule has 0 fully saturated rings. The summed E-state index contributed by atoms with van der Waals surface area (Å²) in [5.41, 5.74) is 1.45. The van der Waals surface area contributed by atoms with E-state index in [-0.39, 0.29) is 11.8 Å². The summed E-state index contributed by atoms with van der Waals surface area (Å²) in [5.74, 6) is -0.176. The second-order valence-corrected chi connectivity index (χ2v) is 3.75. The van der Waals surface area contributed by atoms with Crippen molar-refractivity contribution < 1.29 is 13.9 Å². The SMILES string of the molecule is CC(=O)Oc1ccc(Nc2cccc(F)c2)cc1. The lowest BCUT2D eigenvalue weighted by molar-refractivity contribution is -0.131. The zero-order valence-corrected chi connectivity index (χ0v) is 9.81. The first-order chi connectivity index (χ1) is 8.63. The van der Waals surface area contributed by atoms with Crippen LogP contribution in [0.3, 0.4) is 0 Å². The van der Waals surface area contributed by atoms with Crippen molar-refractivity contribution in [3.8, 4) is 5.75 Å². The fourth-order valence-corrected chi connectivity index (χ4v) is 1.51. The van der Waals surface area contributed by atoms with Gasteiger partial charge in [-0.2, -0.15) is 0 Å². The summed E-state index contributed by atoms with van der Waals surface area (Å²) in [6.45, 7) is 1.35. The van der Waals surface area contributed by atoms with Crippen LogP contribution in [0.15, 0.2) is 48.5 Å². The van der Waals surface area contributed by atoms with E-state index >= 15 is 0 Å². The van der Waals surface area contributed by atoms with E-state index in [1.807, 2.05) is 0 Å². The molecule has 0 radical (unpaired) electrons. The molecule has 0 aliphatic heterocycles. The van der Waals surface area contributed by atoms with E-state index in [0.29, 0.717) is 11.4 Å². The number of esters is 1. The molecule has 1 N–H and O–H groups in total. The van der Waals surface area contributed by atoms with Crippen LogP contribution in [0.4, 0.5) is 15.8 Å². The first kappa shape index (κ1) is 12.1. The molecule has 0 saturated heterocycles. The molecule has 4 heteroatoms. The van der Waals surface area contributed by atoms with Gasteiger partial charge in [0.25, 0.3) is 0 Å². The van der Waals surface area contributed by atoms with Gasteiger partial charge in [0.1, 0.15) is 11.6 Å². The summed E-state index contributed by atoms with van der Waals surface area (Å²) in [4.78, 5) is 10.7. The van der Waals surface area contributed by atoms with E-state index in [4.69, 9.17) is 4.74 Å². The summed E-state index contributed by atoms with van der Waals surface area (Å²) in [6, 6.07) is 13.0. The smallest absolute Gasteiger partial charge is 0.308 e. The van der Waals surface area contributed by atoms with Crippen LogP contribution >= 0.6 is 0 Å². The van der Waals surface area contributed by atoms with Crippen LogP contribution in [0, 0.1) is 5.82 Å². The minimum atomic E-state index is -0.360. The highest BCUT2D eigenvalue weighted by Crippen LogP contribution is 2.20. The fourth-order valence-electron chi connectivity index (χ4n) is 1.51. The lowest BCUT2D eigenvalue weighted by Crippen LogP contribution is -2.01. The van der Waals surface area contributed by atoms with Gasteiger partial charge in [-0.25, -0.2) is 4.39 Å². The topological polar surface area (TPSA) is 38.3 Å². The summed E-state index contributed by atoms with van der Waals surface area (Å²) in [5, 5.41) is 3.04. The Bertz CT molecular complexity index is 552. The van der Waals surface area contributed by atoms with Crippen molar-refractivity contribution in [3.63, 3.8) is 0 Å². The normalized spacial score (nSPS) is 9.89. The Morgan fingerprint density at radius 2 is 1.83 bits per heavy atom. The number of hydrogen-bond acceptors (Lipinski definition) is 3. The molecule has 0 saturated carbocycles. The standard InChI is InChI=1S/C14H12FNO2/c1-10(17)18-14-7-5-12(6-8-14)16-13-4-2-3-11(15)9-13/h2-9,16H,1H3. The quantitative estimate of drug-likeness (QED) is 0.664. The molecule has 0 amide bonds. The van der Waals surface area contributed by atoms with Crippen molar-refractivity contribution in [3.05, 3.63) is 54.3 Å². The number of rotatable bonds is 3. The fraction of sp³-hybridized carbons (Fsp3) is 0.0714. The number of anilines is 2. The zero-order valence-electron chi connectivity index (χ0n) is 9.81. The maximum absolute atomic E-state index is 13.0. The van der Waals surface area contributed by atoms with E-state index in [1.165, 1.54) is 19.1 Å². The van der Waals surface area contributed by atoms with Gasteiger partial charge in [0, 0.05) is 18.3 Å². The Morgan fingerprint density at radius 1 is 1.11 bits per heavy atom. The second-order valence-electron chi connectivity index (χ2n) is 3.75. The molecule has 0 spiro atoms. The number of nitrogens with one attached hydrogen (secondary N) is 1. The first-order valence-electron chi connectivity index (χ1n) is 5.44. The van der Waals surface area contributed by atoms with E-state index in [9.17, 15) is 9.18 Å². The molecule has 2 rings (SSSR count). The minimum Gasteiger partial charge on any atom is -0.427 e. The van der Waals surface area contributed by atoms with Gasteiger partial charge < -0.3 is 10.1 Å². The van der Waals surface area contributed by atoms with Gasteiger partial charge in [0.2, 0.25) is 0 Å². The first-order valence-corrected chi connectivity index (χ1v) is 5.44. The van der Waals surface area contributed by atoms with Crippen LogP contribution in [0.5, 0.6) is 5.75 Å². The third-order valence-corrected chi connectivity index (χ3v) is 2.23. The molecule has 3 nitrogen and oxygen atoms in total. The van der Waals surface area contributed by atoms with Crippen LogP contribution in [-0.2, 0) is 4.79 Å². The molecule has 2 aromatic carbocycles. The van der Waals surface area contributed by atoms with Crippen LogP contribution in [-0.4, -0.2) is 5.97 Å². The average Bonchev–Trinajstić information content (AvgIpc) is 2.31. The zero-order chi connectivity index (χ0) is 13.0. The highest BCUT2D eigenvalue weighted by atomic mass is 19.1. The molecule has 0 unspecified atom stereocenters. The van der Waals surface area contributed by atoms with Gasteiger partial charge in [-0.15, -0.1) is 0 Å². The third-order valence-electron chi connectivity index (χ3n) is 2.23. The molecule has 18 heavy (non-hydrogen) atoms. The minimum absolute atomic E-state index is 0.295. The maximum Gasteiger partial charge on any atom is 0.308 e. The Hall–Kier alpha value is -2.36. The largest absolute Gasteiger partial charge is 0.427 e. The summed E-state index contributed by atoms with van der Waals surface area (Å²) >= 11 is 0. The number of benzene rings is 2. The molecule has 2 aromatic rings. The van der Waals surface area contributed by atoms with Crippen LogP contribution in [0.25, 0.3) is 0 Å². The van der Waals surface area contributed by atoms with Gasteiger partial charge in [0.15, 0.2) is 0 Å². The molecule has 0 bridgehead atoms. The number of ether oxygens (including phenoxy) is 1. The highest BCUT2D eigenvalue weighted by molar-refractivity contribution is 5.69. The predicted molar refractivity (Wildman–Crippen MR) is 67.4 cm³/mol. The van der Waals surface area contributed by atoms with Crippen LogP contribution in [0.1, 0.15) is 6.92 Å². The van der Waals surface area contributed by atoms with E-state index in [2.05, 4.69) is 5.32 Å². The van der Waals surface area contributed by atoms with Crippen molar-refractivity contribution in [2.75, 3.05) is 5.32 Å². The number of hydrogen-bond donors (Lipinski definition) is 1. The Labute approximate surface area is 104 Å². The molecular weight excluding hydrogens is 233 g/mol. The molecule has 0 atom stereocenters. The van der Waals surface area contributed by atoms with E-state index in [0.717, 1.165) is 5.69 Å². The second kappa shape index (κ2) is 5.31. The van der Waals surface area contributed by atoms with Gasteiger partial charge in [0.05, 0.1) is 0 Å². The summed E-state index contributed by atoms with van der Waals surface area (Å²) in [6.07, 6.45) is 0. The van der Waals surface area contributed by atoms with Gasteiger partial charge in [-0.1, -0.05) is 6.07 Å². The van der Waals surface area contributed by atoms with Crippen molar-refractivity contribution in [2.45, 2.75) is 6.92 Å². The molecule has 0 aliphatic rings. The molecule has 92 valence electrons. The lowest BCUT2D eigenvalue weighted by atomic mass is 10.2. The molecule has 0 aliphatic carbocycles. The average molecular weight is 245 g/mol. The van der Waals surface area contributed by atoms with Crippen LogP contribution < -0.4 is 10.1 Å². The van der Waals surface area contributed by atoms with Gasteiger partial charge in [-0.05, 0) is 42.5 Å². The molecular formula is C14H12FNO2. The predicted octanol–water partition coefficient (Wildman–Crippen LogP) is 3.49. The van der Waals surface area contributed by atoms with Crippen LogP contribution in [0.2, 0.25) is 0 Å². The lowest BCUT2D eigenvalue weighted by Gasteiger charge is -2.07. The third kappa shape index (κ3) is 3.31. The summed E-state index contributed by atoms with van der Waals surface area (Å²) < 4.78 is 17.9. The van der Waals surface area contributed by atoms with E-state index < -0.39 is 0 Å². The number of halogens is 1. The van der Waals surface area contributed by atoms with Crippen molar-refractivity contribution in [1.29, 1.82) is 0 Å². The number of carbonyl (C=O) groups excluding carboxylic acids is 1. The van der Waals surface area contributed by atoms with E-state index in [1.54, 1.807) is 36.4 Å². The Morgan fingerprint density at radius 3 is 2.44 bits per heavy atom. The van der Waals surface area contributed by atoms with Crippen molar-refractivity contribution in [2.24, 2.45) is 0 Å². The Balaban J connectivity index is 2.08. The maximum atomic E-state index is 13.0. The highest BCUT2D eigenvalue weighted by Gasteiger charge is 1.99. The van der Waals surface area contributed by atoms with Crippen molar-refractivity contribution in [1.82, 2.24) is 0 Å². The van der Waals surface area contributed by atoms with Crippen molar-refractivity contribution >= 4 is 17.3 Å². The number of carbonyl (C=O) groups is 1. The summed E-state index contributed by atoms with van der Waals surface area (Å²) in [7, 11) is 0. The van der Waals surface area contributed by atoms with Gasteiger partial charge in [-0.3, -0.25) is 4.79 Å².